The van der Waals surface area contributed by atoms with E-state index in [1.165, 1.54) is 24.8 Å². The van der Waals surface area contributed by atoms with Gasteiger partial charge in [0.1, 0.15) is 0 Å². The molecule has 1 aliphatic carbocycles. The molecule has 2 nitrogen and oxygen atoms in total. The van der Waals surface area contributed by atoms with Crippen LogP contribution in [0.4, 0.5) is 0 Å². The average molecular weight is 190 g/mol. The maximum atomic E-state index is 4.00. The molecule has 1 N–H and O–H groups in total. The molecule has 2 atom stereocenters. The average Bonchev–Trinajstić information content (AvgIpc) is 2.96. The predicted octanol–water partition coefficient (Wildman–Crippen LogP) is 2.36. The summed E-state index contributed by atoms with van der Waals surface area (Å²) in [5.74, 6) is 0.946. The highest BCUT2D eigenvalue weighted by Crippen LogP contribution is 2.34. The van der Waals surface area contributed by atoms with E-state index in [4.69, 9.17) is 0 Å². The SMILES string of the molecule is CCCC1CC1NCc1ccncc1. The zero-order valence-electron chi connectivity index (χ0n) is 8.74. The summed E-state index contributed by atoms with van der Waals surface area (Å²) in [6, 6.07) is 4.93. The van der Waals surface area contributed by atoms with E-state index in [0.29, 0.717) is 0 Å². The fourth-order valence-electron chi connectivity index (χ4n) is 1.94. The quantitative estimate of drug-likeness (QED) is 0.771. The summed E-state index contributed by atoms with van der Waals surface area (Å²) in [6.07, 6.45) is 7.78. The standard InChI is InChI=1S/C12H18N2/c1-2-3-11-8-12(11)14-9-10-4-6-13-7-5-10/h4-7,11-12,14H,2-3,8-9H2,1H3. The van der Waals surface area contributed by atoms with Crippen molar-refractivity contribution >= 4 is 0 Å². The second-order valence-electron chi connectivity index (χ2n) is 4.13. The Bertz CT molecular complexity index is 271. The Hall–Kier alpha value is -0.890. The molecule has 0 spiro atoms. The van der Waals surface area contributed by atoms with Gasteiger partial charge in [0.15, 0.2) is 0 Å². The third-order valence-corrected chi connectivity index (χ3v) is 2.90. The molecule has 0 saturated heterocycles. The summed E-state index contributed by atoms with van der Waals surface area (Å²) in [5, 5.41) is 3.58. The smallest absolute Gasteiger partial charge is 0.0271 e. The van der Waals surface area contributed by atoms with E-state index in [2.05, 4.69) is 29.4 Å². The van der Waals surface area contributed by atoms with Crippen molar-refractivity contribution in [3.63, 3.8) is 0 Å². The second-order valence-corrected chi connectivity index (χ2v) is 4.13. The molecule has 1 aliphatic rings. The van der Waals surface area contributed by atoms with Crippen LogP contribution < -0.4 is 5.32 Å². The van der Waals surface area contributed by atoms with Gasteiger partial charge in [0, 0.05) is 25.0 Å². The van der Waals surface area contributed by atoms with Gasteiger partial charge < -0.3 is 5.32 Å². The molecule has 1 fully saturated rings. The molecule has 1 heterocycles. The molecule has 0 radical (unpaired) electrons. The van der Waals surface area contributed by atoms with Crippen molar-refractivity contribution in [3.05, 3.63) is 30.1 Å². The first-order valence-corrected chi connectivity index (χ1v) is 5.52. The number of pyridine rings is 1. The first kappa shape index (κ1) is 9.66. The van der Waals surface area contributed by atoms with Crippen LogP contribution in [0.3, 0.4) is 0 Å². The van der Waals surface area contributed by atoms with Crippen LogP contribution in [0.2, 0.25) is 0 Å². The van der Waals surface area contributed by atoms with Crippen LogP contribution in [0, 0.1) is 5.92 Å². The van der Waals surface area contributed by atoms with E-state index in [1.807, 2.05) is 12.4 Å². The van der Waals surface area contributed by atoms with Crippen molar-refractivity contribution in [1.82, 2.24) is 10.3 Å². The molecule has 0 bridgehead atoms. The molecule has 14 heavy (non-hydrogen) atoms. The van der Waals surface area contributed by atoms with Crippen LogP contribution in [0.25, 0.3) is 0 Å². The Morgan fingerprint density at radius 2 is 2.21 bits per heavy atom. The van der Waals surface area contributed by atoms with E-state index in [0.717, 1.165) is 18.5 Å². The molecule has 0 aliphatic heterocycles. The molecule has 2 rings (SSSR count). The fourth-order valence-corrected chi connectivity index (χ4v) is 1.94. The zero-order chi connectivity index (χ0) is 9.80. The van der Waals surface area contributed by atoms with E-state index in [1.54, 1.807) is 0 Å². The number of rotatable bonds is 5. The summed E-state index contributed by atoms with van der Waals surface area (Å²) in [6.45, 7) is 3.26. The maximum absolute atomic E-state index is 4.00. The predicted molar refractivity (Wildman–Crippen MR) is 57.9 cm³/mol. The van der Waals surface area contributed by atoms with E-state index in [9.17, 15) is 0 Å². The Morgan fingerprint density at radius 1 is 1.43 bits per heavy atom. The molecule has 1 saturated carbocycles. The van der Waals surface area contributed by atoms with Crippen LogP contribution in [-0.2, 0) is 6.54 Å². The van der Waals surface area contributed by atoms with Crippen molar-refractivity contribution in [2.45, 2.75) is 38.8 Å². The third kappa shape index (κ3) is 2.55. The highest BCUT2D eigenvalue weighted by Gasteiger charge is 2.34. The van der Waals surface area contributed by atoms with Gasteiger partial charge in [-0.15, -0.1) is 0 Å². The Morgan fingerprint density at radius 3 is 2.93 bits per heavy atom. The molecule has 2 unspecified atom stereocenters. The summed E-state index contributed by atoms with van der Waals surface area (Å²) in [7, 11) is 0. The minimum absolute atomic E-state index is 0.781. The van der Waals surface area contributed by atoms with Gasteiger partial charge in [-0.3, -0.25) is 4.98 Å². The normalized spacial score (nSPS) is 24.9. The molecule has 76 valence electrons. The van der Waals surface area contributed by atoms with Gasteiger partial charge in [-0.05, 0) is 36.5 Å². The maximum Gasteiger partial charge on any atom is 0.0271 e. The minimum atomic E-state index is 0.781. The summed E-state index contributed by atoms with van der Waals surface area (Å²) in [5.41, 5.74) is 1.34. The lowest BCUT2D eigenvalue weighted by Gasteiger charge is -2.03. The lowest BCUT2D eigenvalue weighted by atomic mass is 10.2. The first-order chi connectivity index (χ1) is 6.90. The highest BCUT2D eigenvalue weighted by molar-refractivity contribution is 5.10. The van der Waals surface area contributed by atoms with Crippen LogP contribution in [0.5, 0.6) is 0 Å². The molecular formula is C12H18N2. The molecule has 1 aromatic heterocycles. The van der Waals surface area contributed by atoms with Crippen LogP contribution >= 0.6 is 0 Å². The Labute approximate surface area is 85.7 Å². The lowest BCUT2D eigenvalue weighted by molar-refractivity contribution is 0.599. The third-order valence-electron chi connectivity index (χ3n) is 2.90. The van der Waals surface area contributed by atoms with Gasteiger partial charge in [-0.2, -0.15) is 0 Å². The van der Waals surface area contributed by atoms with Gasteiger partial charge in [0.2, 0.25) is 0 Å². The van der Waals surface area contributed by atoms with Crippen molar-refractivity contribution in [2.24, 2.45) is 5.92 Å². The number of hydrogen-bond donors (Lipinski definition) is 1. The Balaban J connectivity index is 1.70. The second kappa shape index (κ2) is 4.56. The van der Waals surface area contributed by atoms with Crippen molar-refractivity contribution < 1.29 is 0 Å². The van der Waals surface area contributed by atoms with Crippen molar-refractivity contribution in [3.8, 4) is 0 Å². The van der Waals surface area contributed by atoms with Gasteiger partial charge >= 0.3 is 0 Å². The monoisotopic (exact) mass is 190 g/mol. The van der Waals surface area contributed by atoms with E-state index in [-0.39, 0.29) is 0 Å². The van der Waals surface area contributed by atoms with Crippen LogP contribution in [0.15, 0.2) is 24.5 Å². The Kier molecular flexibility index (Phi) is 3.14. The first-order valence-electron chi connectivity index (χ1n) is 5.52. The van der Waals surface area contributed by atoms with Gasteiger partial charge in [0.05, 0.1) is 0 Å². The molecular weight excluding hydrogens is 172 g/mol. The van der Waals surface area contributed by atoms with Gasteiger partial charge in [-0.1, -0.05) is 13.3 Å². The van der Waals surface area contributed by atoms with Crippen LogP contribution in [-0.4, -0.2) is 11.0 Å². The largest absolute Gasteiger partial charge is 0.310 e. The van der Waals surface area contributed by atoms with Crippen molar-refractivity contribution in [2.75, 3.05) is 0 Å². The number of hydrogen-bond acceptors (Lipinski definition) is 2. The summed E-state index contributed by atoms with van der Waals surface area (Å²) < 4.78 is 0. The topological polar surface area (TPSA) is 24.9 Å². The zero-order valence-corrected chi connectivity index (χ0v) is 8.74. The number of nitrogens with one attached hydrogen (secondary N) is 1. The van der Waals surface area contributed by atoms with Crippen molar-refractivity contribution in [1.29, 1.82) is 0 Å². The molecule has 2 heteroatoms. The summed E-state index contributed by atoms with van der Waals surface area (Å²) >= 11 is 0. The minimum Gasteiger partial charge on any atom is -0.310 e. The molecule has 0 aromatic carbocycles. The van der Waals surface area contributed by atoms with Gasteiger partial charge in [-0.25, -0.2) is 0 Å². The van der Waals surface area contributed by atoms with Gasteiger partial charge in [0.25, 0.3) is 0 Å². The van der Waals surface area contributed by atoms with E-state index < -0.39 is 0 Å². The highest BCUT2D eigenvalue weighted by atomic mass is 15.0. The van der Waals surface area contributed by atoms with E-state index >= 15 is 0 Å². The lowest BCUT2D eigenvalue weighted by Crippen LogP contribution is -2.17. The number of aromatic nitrogens is 1. The summed E-state index contributed by atoms with van der Waals surface area (Å²) in [4.78, 5) is 4.00. The number of nitrogens with zero attached hydrogens (tertiary/aromatic N) is 1. The molecule has 0 amide bonds. The molecule has 1 aromatic rings. The fraction of sp³-hybridized carbons (Fsp3) is 0.583. The van der Waals surface area contributed by atoms with Crippen LogP contribution in [0.1, 0.15) is 31.7 Å².